The Hall–Kier alpha value is -1.02. The zero-order valence-corrected chi connectivity index (χ0v) is 11.4. The van der Waals surface area contributed by atoms with Gasteiger partial charge < -0.3 is 9.84 Å². The zero-order valence-electron chi connectivity index (χ0n) is 11.4. The van der Waals surface area contributed by atoms with Crippen LogP contribution in [0.1, 0.15) is 57.6 Å². The molecule has 0 aliphatic heterocycles. The van der Waals surface area contributed by atoms with Gasteiger partial charge in [-0.15, -0.1) is 0 Å². The zero-order chi connectivity index (χ0) is 13.0. The smallest absolute Gasteiger partial charge is 0.119 e. The van der Waals surface area contributed by atoms with Crippen LogP contribution < -0.4 is 4.74 Å². The van der Waals surface area contributed by atoms with Gasteiger partial charge in [0.2, 0.25) is 0 Å². The Kier molecular flexibility index (Phi) is 4.65. The Morgan fingerprint density at radius 1 is 1.17 bits per heavy atom. The molecule has 2 heteroatoms. The number of ether oxygens (including phenoxy) is 1. The lowest BCUT2D eigenvalue weighted by molar-refractivity contribution is 0.144. The van der Waals surface area contributed by atoms with E-state index in [0.717, 1.165) is 17.7 Å². The maximum absolute atomic E-state index is 10.2. The normalized spacial score (nSPS) is 18.2. The molecule has 1 unspecified atom stereocenters. The van der Waals surface area contributed by atoms with Crippen molar-refractivity contribution in [3.8, 4) is 5.75 Å². The lowest BCUT2D eigenvalue weighted by atomic mass is 9.96. The topological polar surface area (TPSA) is 29.5 Å². The van der Waals surface area contributed by atoms with Gasteiger partial charge in [0.05, 0.1) is 12.2 Å². The average molecular weight is 248 g/mol. The summed E-state index contributed by atoms with van der Waals surface area (Å²) in [5.74, 6) is 1.59. The molecule has 2 rings (SSSR count). The number of aliphatic hydroxyl groups excluding tert-OH is 1. The molecule has 0 spiro atoms. The molecule has 0 bridgehead atoms. The van der Waals surface area contributed by atoms with Gasteiger partial charge in [-0.1, -0.05) is 37.8 Å². The maximum atomic E-state index is 10.2. The summed E-state index contributed by atoms with van der Waals surface area (Å²) in [5.41, 5.74) is 1.01. The molecule has 2 nitrogen and oxygen atoms in total. The summed E-state index contributed by atoms with van der Waals surface area (Å²) in [6, 6.07) is 7.87. The lowest BCUT2D eigenvalue weighted by Gasteiger charge is -2.16. The van der Waals surface area contributed by atoms with Gasteiger partial charge >= 0.3 is 0 Å². The molecule has 0 saturated heterocycles. The van der Waals surface area contributed by atoms with Crippen molar-refractivity contribution in [3.63, 3.8) is 0 Å². The second-order valence-corrected chi connectivity index (χ2v) is 5.64. The van der Waals surface area contributed by atoms with Gasteiger partial charge in [-0.2, -0.15) is 0 Å². The summed E-state index contributed by atoms with van der Waals surface area (Å²) in [6.07, 6.45) is 6.01. The molecule has 1 N–H and O–H groups in total. The molecule has 18 heavy (non-hydrogen) atoms. The number of hydrogen-bond donors (Lipinski definition) is 1. The quantitative estimate of drug-likeness (QED) is 0.850. The van der Waals surface area contributed by atoms with Crippen molar-refractivity contribution in [3.05, 3.63) is 29.8 Å². The predicted molar refractivity (Wildman–Crippen MR) is 73.7 cm³/mol. The van der Waals surface area contributed by atoms with Crippen LogP contribution in [0.4, 0.5) is 0 Å². The van der Waals surface area contributed by atoms with Crippen molar-refractivity contribution in [1.29, 1.82) is 0 Å². The summed E-state index contributed by atoms with van der Waals surface area (Å²) >= 11 is 0. The summed E-state index contributed by atoms with van der Waals surface area (Å²) in [7, 11) is 0. The van der Waals surface area contributed by atoms with E-state index in [9.17, 15) is 5.11 Å². The highest BCUT2D eigenvalue weighted by molar-refractivity contribution is 5.28. The Balaban J connectivity index is 1.91. The molecule has 1 aliphatic carbocycles. The van der Waals surface area contributed by atoms with Gasteiger partial charge in [0.15, 0.2) is 0 Å². The van der Waals surface area contributed by atoms with E-state index >= 15 is 0 Å². The standard InChI is InChI=1S/C16H24O2/c1-12(2)18-15-9-7-14(8-10-15)16(17)11-13-5-3-4-6-13/h7-10,12-13,16-17H,3-6,11H2,1-2H3. The first-order valence-corrected chi connectivity index (χ1v) is 7.10. The van der Waals surface area contributed by atoms with Crippen molar-refractivity contribution in [2.24, 2.45) is 5.92 Å². The van der Waals surface area contributed by atoms with E-state index in [1.807, 2.05) is 38.1 Å². The molecule has 1 aromatic carbocycles. The summed E-state index contributed by atoms with van der Waals surface area (Å²) < 4.78 is 5.60. The maximum Gasteiger partial charge on any atom is 0.119 e. The van der Waals surface area contributed by atoms with Crippen molar-refractivity contribution < 1.29 is 9.84 Å². The van der Waals surface area contributed by atoms with Gasteiger partial charge in [-0.25, -0.2) is 0 Å². The number of hydrogen-bond acceptors (Lipinski definition) is 2. The molecular weight excluding hydrogens is 224 g/mol. The fourth-order valence-electron chi connectivity index (χ4n) is 2.74. The molecule has 100 valence electrons. The van der Waals surface area contributed by atoms with Crippen molar-refractivity contribution in [1.82, 2.24) is 0 Å². The highest BCUT2D eigenvalue weighted by Gasteiger charge is 2.19. The second kappa shape index (κ2) is 6.24. The van der Waals surface area contributed by atoms with E-state index in [-0.39, 0.29) is 12.2 Å². The van der Waals surface area contributed by atoms with E-state index in [1.54, 1.807) is 0 Å². The third-order valence-corrected chi connectivity index (χ3v) is 3.67. The van der Waals surface area contributed by atoms with Crippen LogP contribution in [-0.2, 0) is 0 Å². The van der Waals surface area contributed by atoms with Crippen LogP contribution in [0.15, 0.2) is 24.3 Å². The van der Waals surface area contributed by atoms with Crippen LogP contribution in [-0.4, -0.2) is 11.2 Å². The van der Waals surface area contributed by atoms with E-state index < -0.39 is 0 Å². The number of rotatable bonds is 5. The van der Waals surface area contributed by atoms with Gasteiger partial charge in [-0.05, 0) is 43.9 Å². The van der Waals surface area contributed by atoms with Gasteiger partial charge in [0.1, 0.15) is 5.75 Å². The minimum absolute atomic E-state index is 0.194. The molecule has 0 aromatic heterocycles. The third kappa shape index (κ3) is 3.74. The first kappa shape index (κ1) is 13.4. The summed E-state index contributed by atoms with van der Waals surface area (Å²) in [5, 5.41) is 10.2. The van der Waals surface area contributed by atoms with E-state index in [1.165, 1.54) is 25.7 Å². The molecule has 1 aromatic rings. The molecule has 0 radical (unpaired) electrons. The monoisotopic (exact) mass is 248 g/mol. The fourth-order valence-corrected chi connectivity index (χ4v) is 2.74. The average Bonchev–Trinajstić information content (AvgIpc) is 2.82. The Morgan fingerprint density at radius 3 is 2.33 bits per heavy atom. The van der Waals surface area contributed by atoms with Crippen LogP contribution >= 0.6 is 0 Å². The third-order valence-electron chi connectivity index (χ3n) is 3.67. The van der Waals surface area contributed by atoms with Crippen LogP contribution in [0.3, 0.4) is 0 Å². The Labute approximate surface area is 110 Å². The van der Waals surface area contributed by atoms with Crippen LogP contribution in [0.5, 0.6) is 5.75 Å². The lowest BCUT2D eigenvalue weighted by Crippen LogP contribution is -2.06. The highest BCUT2D eigenvalue weighted by atomic mass is 16.5. The Bertz CT molecular complexity index is 350. The summed E-state index contributed by atoms with van der Waals surface area (Å²) in [6.45, 7) is 4.03. The molecule has 1 saturated carbocycles. The van der Waals surface area contributed by atoms with Crippen LogP contribution in [0.25, 0.3) is 0 Å². The van der Waals surface area contributed by atoms with Crippen LogP contribution in [0, 0.1) is 5.92 Å². The largest absolute Gasteiger partial charge is 0.491 e. The van der Waals surface area contributed by atoms with Crippen molar-refractivity contribution in [2.75, 3.05) is 0 Å². The minimum Gasteiger partial charge on any atom is -0.491 e. The Morgan fingerprint density at radius 2 is 1.78 bits per heavy atom. The minimum atomic E-state index is -0.318. The van der Waals surface area contributed by atoms with Gasteiger partial charge in [-0.3, -0.25) is 0 Å². The molecule has 1 aliphatic rings. The SMILES string of the molecule is CC(C)Oc1ccc(C(O)CC2CCCC2)cc1. The molecule has 0 amide bonds. The molecular formula is C16H24O2. The highest BCUT2D eigenvalue weighted by Crippen LogP contribution is 2.33. The molecule has 1 fully saturated rings. The van der Waals surface area contributed by atoms with Crippen LogP contribution in [0.2, 0.25) is 0 Å². The van der Waals surface area contributed by atoms with Gasteiger partial charge in [0, 0.05) is 0 Å². The number of benzene rings is 1. The first-order chi connectivity index (χ1) is 8.65. The fraction of sp³-hybridized carbons (Fsp3) is 0.625. The van der Waals surface area contributed by atoms with E-state index in [0.29, 0.717) is 5.92 Å². The molecule has 1 atom stereocenters. The van der Waals surface area contributed by atoms with E-state index in [2.05, 4.69) is 0 Å². The van der Waals surface area contributed by atoms with Crippen molar-refractivity contribution >= 4 is 0 Å². The number of aliphatic hydroxyl groups is 1. The van der Waals surface area contributed by atoms with Gasteiger partial charge in [0.25, 0.3) is 0 Å². The summed E-state index contributed by atoms with van der Waals surface area (Å²) in [4.78, 5) is 0. The first-order valence-electron chi connectivity index (χ1n) is 7.10. The predicted octanol–water partition coefficient (Wildman–Crippen LogP) is 4.09. The molecule has 0 heterocycles. The second-order valence-electron chi connectivity index (χ2n) is 5.64. The van der Waals surface area contributed by atoms with E-state index in [4.69, 9.17) is 4.74 Å². The van der Waals surface area contributed by atoms with Crippen molar-refractivity contribution in [2.45, 2.75) is 58.2 Å².